The van der Waals surface area contributed by atoms with E-state index in [1.807, 2.05) is 0 Å². The van der Waals surface area contributed by atoms with Crippen LogP contribution in [0, 0.1) is 12.8 Å². The Bertz CT molecular complexity index is 613. The molecule has 1 aromatic rings. The van der Waals surface area contributed by atoms with Gasteiger partial charge in [0.25, 0.3) is 0 Å². The number of hydrogen-bond donors (Lipinski definition) is 0. The molecule has 3 rings (SSSR count). The van der Waals surface area contributed by atoms with Crippen LogP contribution in [0.1, 0.15) is 55.7 Å². The number of rotatable bonds is 2. The van der Waals surface area contributed by atoms with Gasteiger partial charge in [0.2, 0.25) is 0 Å². The summed E-state index contributed by atoms with van der Waals surface area (Å²) < 4.78 is 0. The van der Waals surface area contributed by atoms with Crippen LogP contribution in [0.2, 0.25) is 0 Å². The van der Waals surface area contributed by atoms with Gasteiger partial charge in [-0.05, 0) is 67.2 Å². The van der Waals surface area contributed by atoms with Gasteiger partial charge in [0.05, 0.1) is 0 Å². The molecule has 2 unspecified atom stereocenters. The van der Waals surface area contributed by atoms with Crippen molar-refractivity contribution in [2.24, 2.45) is 5.92 Å². The molecule has 0 radical (unpaired) electrons. The van der Waals surface area contributed by atoms with Gasteiger partial charge in [0.1, 0.15) is 0 Å². The topological polar surface area (TPSA) is 0 Å². The fourth-order valence-electron chi connectivity index (χ4n) is 3.85. The zero-order chi connectivity index (χ0) is 14.3. The average molecular weight is 264 g/mol. The van der Waals surface area contributed by atoms with Gasteiger partial charge in [-0.15, -0.1) is 6.58 Å². The highest BCUT2D eigenvalue weighted by molar-refractivity contribution is 5.78. The Morgan fingerprint density at radius 3 is 2.80 bits per heavy atom. The van der Waals surface area contributed by atoms with Crippen molar-refractivity contribution in [1.82, 2.24) is 0 Å². The molecule has 2 aliphatic rings. The van der Waals surface area contributed by atoms with Crippen molar-refractivity contribution in [3.8, 4) is 0 Å². The van der Waals surface area contributed by atoms with Crippen LogP contribution in [0.25, 0.3) is 5.57 Å². The minimum atomic E-state index is 0.586. The predicted octanol–water partition coefficient (Wildman–Crippen LogP) is 5.80. The highest BCUT2D eigenvalue weighted by atomic mass is 14.4. The van der Waals surface area contributed by atoms with Gasteiger partial charge in [0, 0.05) is 0 Å². The summed E-state index contributed by atoms with van der Waals surface area (Å²) in [6.07, 6.45) is 8.02. The Morgan fingerprint density at radius 1 is 1.25 bits per heavy atom. The maximum atomic E-state index is 3.97. The molecule has 0 aromatic heterocycles. The van der Waals surface area contributed by atoms with E-state index in [9.17, 15) is 0 Å². The summed E-state index contributed by atoms with van der Waals surface area (Å²) in [7, 11) is 0. The van der Waals surface area contributed by atoms with Crippen LogP contribution in [0.5, 0.6) is 0 Å². The Hall–Kier alpha value is -1.56. The third-order valence-electron chi connectivity index (χ3n) is 4.97. The minimum Gasteiger partial charge on any atom is -0.103 e. The summed E-state index contributed by atoms with van der Waals surface area (Å²) in [6.45, 7) is 10.8. The van der Waals surface area contributed by atoms with Crippen LogP contribution < -0.4 is 0 Å². The lowest BCUT2D eigenvalue weighted by Crippen LogP contribution is -2.21. The second-order valence-electron chi connectivity index (χ2n) is 6.43. The molecule has 0 amide bonds. The first kappa shape index (κ1) is 13.4. The van der Waals surface area contributed by atoms with E-state index >= 15 is 0 Å². The Kier molecular flexibility index (Phi) is 3.41. The van der Waals surface area contributed by atoms with Gasteiger partial charge >= 0.3 is 0 Å². The largest absolute Gasteiger partial charge is 0.103 e. The van der Waals surface area contributed by atoms with Crippen molar-refractivity contribution < 1.29 is 0 Å². The molecule has 0 nitrogen and oxygen atoms in total. The molecule has 0 saturated heterocycles. The molecule has 0 heteroatoms. The normalized spacial score (nSPS) is 24.9. The van der Waals surface area contributed by atoms with Gasteiger partial charge in [-0.25, -0.2) is 0 Å². The van der Waals surface area contributed by atoms with E-state index in [1.54, 1.807) is 16.7 Å². The van der Waals surface area contributed by atoms with Crippen molar-refractivity contribution in [1.29, 1.82) is 0 Å². The standard InChI is InChI=1S/C20H24/c1-5-6-16-15(4)19-11-13(2)7-9-17(19)18-10-8-14(3)12-20(16)18/h5,8,10-12,15-16H,1,6-7,9H2,2-4H3. The quantitative estimate of drug-likeness (QED) is 0.592. The van der Waals surface area contributed by atoms with Crippen LogP contribution in [-0.4, -0.2) is 0 Å². The lowest BCUT2D eigenvalue weighted by molar-refractivity contribution is 0.522. The van der Waals surface area contributed by atoms with Crippen molar-refractivity contribution in [3.63, 3.8) is 0 Å². The van der Waals surface area contributed by atoms with Gasteiger partial charge in [-0.3, -0.25) is 0 Å². The Labute approximate surface area is 122 Å². The molecule has 2 aliphatic carbocycles. The third kappa shape index (κ3) is 2.08. The first-order chi connectivity index (χ1) is 9.61. The molecular formula is C20H24. The Morgan fingerprint density at radius 2 is 2.05 bits per heavy atom. The van der Waals surface area contributed by atoms with Crippen LogP contribution in [0.3, 0.4) is 0 Å². The highest BCUT2D eigenvalue weighted by Crippen LogP contribution is 2.48. The Balaban J connectivity index is 2.21. The number of fused-ring (bicyclic) bond motifs is 2. The van der Waals surface area contributed by atoms with E-state index in [2.05, 4.69) is 57.7 Å². The van der Waals surface area contributed by atoms with Gasteiger partial charge in [-0.2, -0.15) is 0 Å². The van der Waals surface area contributed by atoms with Gasteiger partial charge in [-0.1, -0.05) is 48.4 Å². The van der Waals surface area contributed by atoms with Crippen molar-refractivity contribution in [2.45, 2.75) is 46.0 Å². The summed E-state index contributed by atoms with van der Waals surface area (Å²) in [4.78, 5) is 0. The lowest BCUT2D eigenvalue weighted by Gasteiger charge is -2.36. The fraction of sp³-hybridized carbons (Fsp3) is 0.400. The van der Waals surface area contributed by atoms with Crippen LogP contribution >= 0.6 is 0 Å². The van der Waals surface area contributed by atoms with E-state index in [4.69, 9.17) is 0 Å². The molecule has 0 saturated carbocycles. The maximum Gasteiger partial charge on any atom is -0.00551 e. The summed E-state index contributed by atoms with van der Waals surface area (Å²) in [5, 5.41) is 0. The first-order valence-corrected chi connectivity index (χ1v) is 7.74. The average Bonchev–Trinajstić information content (AvgIpc) is 2.43. The van der Waals surface area contributed by atoms with E-state index in [1.165, 1.54) is 29.5 Å². The number of aryl methyl sites for hydroxylation is 1. The molecule has 2 atom stereocenters. The van der Waals surface area contributed by atoms with Gasteiger partial charge < -0.3 is 0 Å². The maximum absolute atomic E-state index is 3.97. The molecular weight excluding hydrogens is 240 g/mol. The first-order valence-electron chi connectivity index (χ1n) is 7.74. The zero-order valence-corrected chi connectivity index (χ0v) is 12.9. The number of hydrogen-bond acceptors (Lipinski definition) is 0. The monoisotopic (exact) mass is 264 g/mol. The minimum absolute atomic E-state index is 0.586. The third-order valence-corrected chi connectivity index (χ3v) is 4.97. The van der Waals surface area contributed by atoms with Crippen LogP contribution in [-0.2, 0) is 0 Å². The molecule has 0 fully saturated rings. The molecule has 104 valence electrons. The van der Waals surface area contributed by atoms with Crippen LogP contribution in [0.15, 0.2) is 48.1 Å². The van der Waals surface area contributed by atoms with Crippen LogP contribution in [0.4, 0.5) is 0 Å². The van der Waals surface area contributed by atoms with E-state index in [0.717, 1.165) is 6.42 Å². The second kappa shape index (κ2) is 5.09. The molecule has 0 aliphatic heterocycles. The second-order valence-corrected chi connectivity index (χ2v) is 6.43. The molecule has 0 bridgehead atoms. The summed E-state index contributed by atoms with van der Waals surface area (Å²) >= 11 is 0. The molecule has 0 heterocycles. The summed E-state index contributed by atoms with van der Waals surface area (Å²) in [5.74, 6) is 1.19. The molecule has 1 aromatic carbocycles. The van der Waals surface area contributed by atoms with Gasteiger partial charge in [0.15, 0.2) is 0 Å². The van der Waals surface area contributed by atoms with Crippen molar-refractivity contribution in [2.75, 3.05) is 0 Å². The van der Waals surface area contributed by atoms with E-state index in [-0.39, 0.29) is 0 Å². The highest BCUT2D eigenvalue weighted by Gasteiger charge is 2.32. The van der Waals surface area contributed by atoms with E-state index in [0.29, 0.717) is 11.8 Å². The number of allylic oxidation sites excluding steroid dienone is 5. The summed E-state index contributed by atoms with van der Waals surface area (Å²) in [6, 6.07) is 7.00. The predicted molar refractivity (Wildman–Crippen MR) is 87.8 cm³/mol. The lowest BCUT2D eigenvalue weighted by atomic mass is 9.68. The molecule has 20 heavy (non-hydrogen) atoms. The zero-order valence-electron chi connectivity index (χ0n) is 12.9. The van der Waals surface area contributed by atoms with E-state index < -0.39 is 0 Å². The fourth-order valence-corrected chi connectivity index (χ4v) is 3.85. The molecule has 0 spiro atoms. The smallest absolute Gasteiger partial charge is 0.00551 e. The summed E-state index contributed by atoms with van der Waals surface area (Å²) in [5.41, 5.74) is 9.12. The van der Waals surface area contributed by atoms with Crippen molar-refractivity contribution in [3.05, 3.63) is 64.8 Å². The van der Waals surface area contributed by atoms with Crippen molar-refractivity contribution >= 4 is 5.57 Å². The SMILES string of the molecule is C=CCC1c2cc(C)ccc2C2=C(C=C(C)CC2)C1C. The molecule has 0 N–H and O–H groups in total. The number of benzene rings is 1.